The Morgan fingerprint density at radius 1 is 1.18 bits per heavy atom. The molecule has 3 fully saturated rings. The minimum Gasteiger partial charge on any atom is -0.337 e. The molecule has 1 aromatic carbocycles. The first kappa shape index (κ1) is 21.5. The fourth-order valence-corrected chi connectivity index (χ4v) is 5.59. The molecule has 0 aromatic heterocycles. The molecule has 4 rings (SSSR count). The van der Waals surface area contributed by atoms with E-state index in [4.69, 9.17) is 0 Å². The predicted octanol–water partition coefficient (Wildman–Crippen LogP) is 3.47. The summed E-state index contributed by atoms with van der Waals surface area (Å²) in [6, 6.07) is 6.86. The highest BCUT2D eigenvalue weighted by Crippen LogP contribution is 2.33. The fourth-order valence-electron chi connectivity index (χ4n) is 4.69. The molecule has 7 heteroatoms. The van der Waals surface area contributed by atoms with Crippen LogP contribution in [0.1, 0.15) is 48.0 Å². The van der Waals surface area contributed by atoms with Crippen LogP contribution in [-0.2, 0) is 4.79 Å². The third kappa shape index (κ3) is 5.02. The SMILES string of the molecule is Cc1cc(C(=O)N2CCSCC2)ccc1NC(=O)CC1CC2CCC(C1)N2.Cl. The number of amides is 2. The van der Waals surface area contributed by atoms with Crippen LogP contribution in [0.15, 0.2) is 18.2 Å². The highest BCUT2D eigenvalue weighted by molar-refractivity contribution is 7.99. The third-order valence-corrected chi connectivity index (χ3v) is 7.03. The topological polar surface area (TPSA) is 61.4 Å². The second-order valence-corrected chi connectivity index (χ2v) is 9.39. The van der Waals surface area contributed by atoms with Gasteiger partial charge < -0.3 is 15.5 Å². The smallest absolute Gasteiger partial charge is 0.253 e. The Balaban J connectivity index is 0.00000225. The van der Waals surface area contributed by atoms with Crippen molar-refractivity contribution < 1.29 is 9.59 Å². The Kier molecular flexibility index (Phi) is 7.29. The lowest BCUT2D eigenvalue weighted by atomic mass is 9.89. The summed E-state index contributed by atoms with van der Waals surface area (Å²) >= 11 is 1.90. The second kappa shape index (κ2) is 9.51. The van der Waals surface area contributed by atoms with Gasteiger partial charge in [0.1, 0.15) is 0 Å². The molecule has 2 atom stereocenters. The number of benzene rings is 1. The van der Waals surface area contributed by atoms with Crippen molar-refractivity contribution in [2.45, 2.75) is 51.1 Å². The number of nitrogens with zero attached hydrogens (tertiary/aromatic N) is 1. The summed E-state index contributed by atoms with van der Waals surface area (Å²) in [4.78, 5) is 27.1. The van der Waals surface area contributed by atoms with Gasteiger partial charge in [-0.05, 0) is 62.3 Å². The number of halogens is 1. The lowest BCUT2D eigenvalue weighted by Crippen LogP contribution is -2.39. The molecule has 0 aliphatic carbocycles. The molecule has 3 aliphatic heterocycles. The maximum atomic E-state index is 12.6. The highest BCUT2D eigenvalue weighted by atomic mass is 35.5. The molecule has 0 radical (unpaired) electrons. The van der Waals surface area contributed by atoms with Crippen LogP contribution in [-0.4, -0.2) is 53.4 Å². The van der Waals surface area contributed by atoms with E-state index < -0.39 is 0 Å². The van der Waals surface area contributed by atoms with E-state index in [2.05, 4.69) is 10.6 Å². The molecule has 1 aromatic rings. The number of nitrogens with one attached hydrogen (secondary N) is 2. The molecule has 154 valence electrons. The van der Waals surface area contributed by atoms with Crippen LogP contribution in [0.2, 0.25) is 0 Å². The summed E-state index contributed by atoms with van der Waals surface area (Å²) < 4.78 is 0. The Morgan fingerprint density at radius 2 is 1.86 bits per heavy atom. The van der Waals surface area contributed by atoms with E-state index >= 15 is 0 Å². The lowest BCUT2D eigenvalue weighted by molar-refractivity contribution is -0.117. The van der Waals surface area contributed by atoms with Crippen LogP contribution in [0.5, 0.6) is 0 Å². The van der Waals surface area contributed by atoms with Crippen LogP contribution >= 0.6 is 24.2 Å². The third-order valence-electron chi connectivity index (χ3n) is 6.09. The first-order valence-electron chi connectivity index (χ1n) is 10.1. The molecular weight excluding hydrogens is 394 g/mol. The quantitative estimate of drug-likeness (QED) is 0.778. The van der Waals surface area contributed by atoms with Crippen molar-refractivity contribution in [3.8, 4) is 0 Å². The van der Waals surface area contributed by atoms with E-state index in [1.807, 2.05) is 41.8 Å². The van der Waals surface area contributed by atoms with Gasteiger partial charge in [0.15, 0.2) is 0 Å². The maximum absolute atomic E-state index is 12.6. The average Bonchev–Trinajstić information content (AvgIpc) is 3.01. The molecule has 5 nitrogen and oxygen atoms in total. The Bertz CT molecular complexity index is 712. The second-order valence-electron chi connectivity index (χ2n) is 8.16. The fraction of sp³-hybridized carbons (Fsp3) is 0.619. The van der Waals surface area contributed by atoms with Crippen molar-refractivity contribution in [2.24, 2.45) is 5.92 Å². The van der Waals surface area contributed by atoms with Gasteiger partial charge in [0.25, 0.3) is 5.91 Å². The number of carbonyl (C=O) groups excluding carboxylic acids is 2. The predicted molar refractivity (Wildman–Crippen MR) is 118 cm³/mol. The monoisotopic (exact) mass is 423 g/mol. The number of carbonyl (C=O) groups is 2. The van der Waals surface area contributed by atoms with Crippen molar-refractivity contribution >= 4 is 41.7 Å². The molecule has 0 spiro atoms. The van der Waals surface area contributed by atoms with Gasteiger partial charge in [-0.3, -0.25) is 9.59 Å². The number of piperidine rings is 1. The standard InChI is InChI=1S/C21H29N3O2S.ClH/c1-14-10-16(21(26)24-6-8-27-9-7-24)2-5-19(14)23-20(25)13-15-11-17-3-4-18(12-15)22-17;/h2,5,10,15,17-18,22H,3-4,6-9,11-13H2,1H3,(H,23,25);1H. The van der Waals surface area contributed by atoms with E-state index in [9.17, 15) is 9.59 Å². The van der Waals surface area contributed by atoms with Crippen molar-refractivity contribution in [2.75, 3.05) is 29.9 Å². The van der Waals surface area contributed by atoms with E-state index in [1.165, 1.54) is 12.8 Å². The minimum atomic E-state index is 0. The molecule has 3 aliphatic rings. The summed E-state index contributed by atoms with van der Waals surface area (Å²) in [5.74, 6) is 2.70. The summed E-state index contributed by atoms with van der Waals surface area (Å²) in [6.45, 7) is 3.60. The van der Waals surface area contributed by atoms with Gasteiger partial charge in [0, 0.05) is 54.4 Å². The van der Waals surface area contributed by atoms with Crippen LogP contribution in [0.4, 0.5) is 5.69 Å². The molecule has 2 N–H and O–H groups in total. The van der Waals surface area contributed by atoms with E-state index in [-0.39, 0.29) is 24.2 Å². The number of fused-ring (bicyclic) bond motifs is 2. The van der Waals surface area contributed by atoms with Crippen molar-refractivity contribution in [3.05, 3.63) is 29.3 Å². The molecule has 2 amide bonds. The van der Waals surface area contributed by atoms with Gasteiger partial charge in [0.2, 0.25) is 5.91 Å². The zero-order valence-electron chi connectivity index (χ0n) is 16.4. The summed E-state index contributed by atoms with van der Waals surface area (Å²) in [6.07, 6.45) is 5.34. The molecular formula is C21H30ClN3O2S. The Morgan fingerprint density at radius 3 is 2.50 bits per heavy atom. The first-order chi connectivity index (χ1) is 13.1. The maximum Gasteiger partial charge on any atom is 0.253 e. The molecule has 0 saturated carbocycles. The molecule has 3 saturated heterocycles. The lowest BCUT2D eigenvalue weighted by Gasteiger charge is -2.28. The van der Waals surface area contributed by atoms with Gasteiger partial charge in [-0.25, -0.2) is 0 Å². The normalized spacial score (nSPS) is 26.5. The molecule has 2 unspecified atom stereocenters. The number of hydrogen-bond acceptors (Lipinski definition) is 4. The number of thioether (sulfide) groups is 1. The van der Waals surface area contributed by atoms with Gasteiger partial charge in [-0.1, -0.05) is 0 Å². The molecule has 3 heterocycles. The average molecular weight is 424 g/mol. The van der Waals surface area contributed by atoms with Gasteiger partial charge in [-0.15, -0.1) is 12.4 Å². The van der Waals surface area contributed by atoms with Crippen LogP contribution in [0.3, 0.4) is 0 Å². The van der Waals surface area contributed by atoms with Gasteiger partial charge in [0.05, 0.1) is 0 Å². The minimum absolute atomic E-state index is 0. The van der Waals surface area contributed by atoms with Crippen LogP contribution in [0.25, 0.3) is 0 Å². The number of hydrogen-bond donors (Lipinski definition) is 2. The first-order valence-corrected chi connectivity index (χ1v) is 11.3. The van der Waals surface area contributed by atoms with Crippen LogP contribution < -0.4 is 10.6 Å². The van der Waals surface area contributed by atoms with Gasteiger partial charge >= 0.3 is 0 Å². The number of anilines is 1. The Hall–Kier alpha value is -1.24. The summed E-state index contributed by atoms with van der Waals surface area (Å²) in [5.41, 5.74) is 2.49. The molecule has 2 bridgehead atoms. The van der Waals surface area contributed by atoms with Crippen molar-refractivity contribution in [1.29, 1.82) is 0 Å². The van der Waals surface area contributed by atoms with E-state index in [0.29, 0.717) is 30.0 Å². The molecule has 28 heavy (non-hydrogen) atoms. The van der Waals surface area contributed by atoms with Crippen molar-refractivity contribution in [3.63, 3.8) is 0 Å². The highest BCUT2D eigenvalue weighted by Gasteiger charge is 2.34. The summed E-state index contributed by atoms with van der Waals surface area (Å²) in [5, 5.41) is 6.69. The van der Waals surface area contributed by atoms with E-state index in [0.717, 1.165) is 48.7 Å². The van der Waals surface area contributed by atoms with Crippen molar-refractivity contribution in [1.82, 2.24) is 10.2 Å². The Labute approximate surface area is 177 Å². The van der Waals surface area contributed by atoms with Crippen LogP contribution in [0, 0.1) is 12.8 Å². The van der Waals surface area contributed by atoms with E-state index in [1.54, 1.807) is 0 Å². The number of rotatable bonds is 4. The van der Waals surface area contributed by atoms with Gasteiger partial charge in [-0.2, -0.15) is 11.8 Å². The summed E-state index contributed by atoms with van der Waals surface area (Å²) in [7, 11) is 0. The number of aryl methyl sites for hydroxylation is 1. The zero-order chi connectivity index (χ0) is 18.8. The largest absolute Gasteiger partial charge is 0.337 e. The zero-order valence-corrected chi connectivity index (χ0v) is 18.0.